The number of thiazole rings is 1. The van der Waals surface area contributed by atoms with Crippen LogP contribution in [0.25, 0.3) is 0 Å². The average molecular weight is 334 g/mol. The number of carbonyl (C=O) groups is 2. The van der Waals surface area contributed by atoms with Crippen LogP contribution in [0.15, 0.2) is 35.8 Å². The van der Waals surface area contributed by atoms with Gasteiger partial charge in [0.15, 0.2) is 5.13 Å². The Hall–Kier alpha value is -2.81. The second-order valence-electron chi connectivity index (χ2n) is 4.71. The Morgan fingerprint density at radius 1 is 1.43 bits per heavy atom. The van der Waals surface area contributed by atoms with Crippen molar-refractivity contribution >= 4 is 34.0 Å². The summed E-state index contributed by atoms with van der Waals surface area (Å²) >= 11 is 1.30. The van der Waals surface area contributed by atoms with Crippen LogP contribution in [0.4, 0.5) is 10.8 Å². The van der Waals surface area contributed by atoms with Crippen molar-refractivity contribution in [2.45, 2.75) is 13.0 Å². The van der Waals surface area contributed by atoms with Gasteiger partial charge >= 0.3 is 0 Å². The van der Waals surface area contributed by atoms with Gasteiger partial charge in [-0.2, -0.15) is 0 Å². The molecule has 8 nitrogen and oxygen atoms in total. The Balaban J connectivity index is 2.06. The number of nitro benzene ring substituents is 1. The van der Waals surface area contributed by atoms with Crippen LogP contribution in [0.3, 0.4) is 0 Å². The molecule has 0 spiro atoms. The van der Waals surface area contributed by atoms with Crippen molar-refractivity contribution in [1.29, 1.82) is 0 Å². The van der Waals surface area contributed by atoms with Crippen LogP contribution >= 0.6 is 11.3 Å². The fourth-order valence-electron chi connectivity index (χ4n) is 1.87. The predicted molar refractivity (Wildman–Crippen MR) is 85.5 cm³/mol. The molecule has 0 fully saturated rings. The summed E-state index contributed by atoms with van der Waals surface area (Å²) in [5.41, 5.74) is -0.0627. The first-order chi connectivity index (χ1) is 10.9. The molecule has 0 aliphatic carbocycles. The summed E-state index contributed by atoms with van der Waals surface area (Å²) in [6.07, 6.45) is 1.58. The molecule has 9 heteroatoms. The number of rotatable bonds is 5. The normalized spacial score (nSPS) is 11.6. The highest BCUT2D eigenvalue weighted by molar-refractivity contribution is 7.13. The lowest BCUT2D eigenvalue weighted by atomic mass is 10.1. The van der Waals surface area contributed by atoms with Crippen molar-refractivity contribution in [3.8, 4) is 0 Å². The number of anilines is 1. The van der Waals surface area contributed by atoms with E-state index in [0.717, 1.165) is 6.07 Å². The van der Waals surface area contributed by atoms with Crippen molar-refractivity contribution in [2.24, 2.45) is 0 Å². The van der Waals surface area contributed by atoms with Gasteiger partial charge in [0.2, 0.25) is 0 Å². The van der Waals surface area contributed by atoms with Crippen molar-refractivity contribution < 1.29 is 14.5 Å². The van der Waals surface area contributed by atoms with E-state index >= 15 is 0 Å². The van der Waals surface area contributed by atoms with E-state index in [2.05, 4.69) is 10.3 Å². The second kappa shape index (κ2) is 6.97. The molecule has 1 heterocycles. The van der Waals surface area contributed by atoms with E-state index in [1.165, 1.54) is 34.4 Å². The van der Waals surface area contributed by atoms with Gasteiger partial charge in [-0.1, -0.05) is 6.07 Å². The van der Waals surface area contributed by atoms with Gasteiger partial charge in [-0.05, 0) is 13.0 Å². The molecule has 0 saturated heterocycles. The van der Waals surface area contributed by atoms with E-state index in [9.17, 15) is 19.7 Å². The number of amides is 2. The lowest BCUT2D eigenvalue weighted by Crippen LogP contribution is -2.45. The fraction of sp³-hybridized carbons (Fsp3) is 0.214. The topological polar surface area (TPSA) is 105 Å². The van der Waals surface area contributed by atoms with Crippen LogP contribution in [-0.4, -0.2) is 34.8 Å². The average Bonchev–Trinajstić information content (AvgIpc) is 3.07. The number of nitrogens with one attached hydrogen (secondary N) is 1. The van der Waals surface area contributed by atoms with E-state index in [0.29, 0.717) is 5.13 Å². The monoisotopic (exact) mass is 334 g/mol. The summed E-state index contributed by atoms with van der Waals surface area (Å²) in [6, 6.07) is 4.53. The molecule has 23 heavy (non-hydrogen) atoms. The minimum atomic E-state index is -0.796. The summed E-state index contributed by atoms with van der Waals surface area (Å²) in [5, 5.41) is 15.5. The number of hydrogen-bond donors (Lipinski definition) is 1. The van der Waals surface area contributed by atoms with Gasteiger partial charge in [0.25, 0.3) is 17.5 Å². The maximum atomic E-state index is 12.3. The van der Waals surface area contributed by atoms with E-state index in [1.54, 1.807) is 25.5 Å². The van der Waals surface area contributed by atoms with Crippen molar-refractivity contribution in [1.82, 2.24) is 10.3 Å². The minimum absolute atomic E-state index is 0.121. The van der Waals surface area contributed by atoms with Gasteiger partial charge in [0, 0.05) is 36.3 Å². The molecular weight excluding hydrogens is 320 g/mol. The first-order valence-electron chi connectivity index (χ1n) is 6.62. The largest absolute Gasteiger partial charge is 0.341 e. The molecular formula is C14H14N4O4S. The lowest BCUT2D eigenvalue weighted by Gasteiger charge is -2.19. The Bertz CT molecular complexity index is 732. The third-order valence-corrected chi connectivity index (χ3v) is 3.92. The van der Waals surface area contributed by atoms with E-state index in [-0.39, 0.29) is 17.2 Å². The molecule has 0 aliphatic heterocycles. The summed E-state index contributed by atoms with van der Waals surface area (Å²) in [4.78, 5) is 39.9. The van der Waals surface area contributed by atoms with Crippen LogP contribution in [-0.2, 0) is 4.79 Å². The molecule has 2 amide bonds. The smallest absolute Gasteiger partial charge is 0.270 e. The third kappa shape index (κ3) is 3.89. The second-order valence-corrected chi connectivity index (χ2v) is 5.59. The SMILES string of the molecule is C[C@H](NC(=O)c1cccc([N+](=O)[O-])c1)C(=O)N(C)c1nccs1. The molecule has 2 rings (SSSR count). The van der Waals surface area contributed by atoms with Gasteiger partial charge in [-0.3, -0.25) is 24.6 Å². The van der Waals surface area contributed by atoms with Crippen molar-refractivity contribution in [2.75, 3.05) is 11.9 Å². The first kappa shape index (κ1) is 16.6. The molecule has 0 bridgehead atoms. The number of non-ortho nitro benzene ring substituents is 1. The van der Waals surface area contributed by atoms with Gasteiger partial charge in [-0.25, -0.2) is 4.98 Å². The highest BCUT2D eigenvalue weighted by Crippen LogP contribution is 2.17. The number of benzene rings is 1. The summed E-state index contributed by atoms with van der Waals surface area (Å²) in [5.74, 6) is -0.888. The molecule has 0 aliphatic rings. The van der Waals surface area contributed by atoms with Gasteiger partial charge in [0.1, 0.15) is 6.04 Å². The zero-order valence-electron chi connectivity index (χ0n) is 12.4. The highest BCUT2D eigenvalue weighted by atomic mass is 32.1. The lowest BCUT2D eigenvalue weighted by molar-refractivity contribution is -0.384. The number of likely N-dealkylation sites (N-methyl/N-ethyl adjacent to an activating group) is 1. The minimum Gasteiger partial charge on any atom is -0.341 e. The zero-order valence-corrected chi connectivity index (χ0v) is 13.2. The number of aromatic nitrogens is 1. The molecule has 0 radical (unpaired) electrons. The molecule has 2 aromatic rings. The number of carbonyl (C=O) groups excluding carboxylic acids is 2. The first-order valence-corrected chi connectivity index (χ1v) is 7.50. The van der Waals surface area contributed by atoms with Crippen LogP contribution in [0, 0.1) is 10.1 Å². The van der Waals surface area contributed by atoms with Crippen LogP contribution < -0.4 is 10.2 Å². The molecule has 1 aromatic heterocycles. The molecule has 0 unspecified atom stereocenters. The van der Waals surface area contributed by atoms with Crippen LogP contribution in [0.1, 0.15) is 17.3 Å². The van der Waals surface area contributed by atoms with Crippen molar-refractivity contribution in [3.63, 3.8) is 0 Å². The number of hydrogen-bond acceptors (Lipinski definition) is 6. The van der Waals surface area contributed by atoms with Crippen LogP contribution in [0.5, 0.6) is 0 Å². The molecule has 1 atom stereocenters. The Morgan fingerprint density at radius 2 is 2.17 bits per heavy atom. The standard InChI is InChI=1S/C14H14N4O4S/c1-9(13(20)17(2)14-15-6-7-23-14)16-12(19)10-4-3-5-11(8-10)18(21)22/h3-9H,1-2H3,(H,16,19)/t9-/m0/s1. The Morgan fingerprint density at radius 3 is 2.78 bits per heavy atom. The van der Waals surface area contributed by atoms with Crippen molar-refractivity contribution in [3.05, 3.63) is 51.5 Å². The predicted octanol–water partition coefficient (Wildman–Crippen LogP) is 1.83. The summed E-state index contributed by atoms with van der Waals surface area (Å²) in [7, 11) is 1.57. The molecule has 1 N–H and O–H groups in total. The molecule has 1 aromatic carbocycles. The quantitative estimate of drug-likeness (QED) is 0.663. The molecule has 0 saturated carbocycles. The highest BCUT2D eigenvalue weighted by Gasteiger charge is 2.22. The van der Waals surface area contributed by atoms with Gasteiger partial charge in [-0.15, -0.1) is 11.3 Å². The van der Waals surface area contributed by atoms with E-state index in [1.807, 2.05) is 0 Å². The van der Waals surface area contributed by atoms with Gasteiger partial charge < -0.3 is 5.32 Å². The molecule has 120 valence electrons. The fourth-order valence-corrected chi connectivity index (χ4v) is 2.48. The summed E-state index contributed by atoms with van der Waals surface area (Å²) < 4.78 is 0. The Kier molecular flexibility index (Phi) is 5.02. The third-order valence-electron chi connectivity index (χ3n) is 3.07. The van der Waals surface area contributed by atoms with Crippen LogP contribution in [0.2, 0.25) is 0 Å². The van der Waals surface area contributed by atoms with Gasteiger partial charge in [0.05, 0.1) is 4.92 Å². The Labute approximate surface area is 135 Å². The maximum Gasteiger partial charge on any atom is 0.270 e. The summed E-state index contributed by atoms with van der Waals surface area (Å²) in [6.45, 7) is 1.54. The zero-order chi connectivity index (χ0) is 17.0. The van der Waals surface area contributed by atoms with E-state index < -0.39 is 16.9 Å². The number of nitrogens with zero attached hydrogens (tertiary/aromatic N) is 3. The van der Waals surface area contributed by atoms with E-state index in [4.69, 9.17) is 0 Å². The maximum absolute atomic E-state index is 12.3. The number of nitro groups is 1.